The monoisotopic (exact) mass is 537 g/mol. The molecule has 1 aromatic heterocycles. The molecule has 0 aliphatic heterocycles. The van der Waals surface area contributed by atoms with E-state index in [9.17, 15) is 9.59 Å². The van der Waals surface area contributed by atoms with Crippen LogP contribution in [0.25, 0.3) is 11.5 Å². The molecule has 3 aromatic rings. The molecule has 9 heteroatoms. The van der Waals surface area contributed by atoms with Crippen molar-refractivity contribution in [3.8, 4) is 17.2 Å². The van der Waals surface area contributed by atoms with Crippen LogP contribution in [0.3, 0.4) is 0 Å². The van der Waals surface area contributed by atoms with Gasteiger partial charge in [0.25, 0.3) is 0 Å². The molecule has 1 unspecified atom stereocenters. The molecule has 0 amide bonds. The van der Waals surface area contributed by atoms with E-state index in [1.54, 1.807) is 38.1 Å². The second kappa shape index (κ2) is 12.8. The summed E-state index contributed by atoms with van der Waals surface area (Å²) in [5.74, 6) is 0.900. The summed E-state index contributed by atoms with van der Waals surface area (Å²) in [6, 6.07) is 11.6. The van der Waals surface area contributed by atoms with Gasteiger partial charge in [-0.3, -0.25) is 4.79 Å². The number of carbonyl (C=O) groups is 2. The minimum Gasteiger partial charge on any atom is -0.493 e. The van der Waals surface area contributed by atoms with Crippen LogP contribution in [-0.4, -0.2) is 35.2 Å². The van der Waals surface area contributed by atoms with Crippen LogP contribution < -0.4 is 16.2 Å². The summed E-state index contributed by atoms with van der Waals surface area (Å²) in [6.45, 7) is 11.2. The first-order valence-electron chi connectivity index (χ1n) is 13.1. The molecule has 0 saturated heterocycles. The molecule has 1 heterocycles. The van der Waals surface area contributed by atoms with Gasteiger partial charge in [0.05, 0.1) is 18.4 Å². The number of hydrogen-bond donors (Lipinski definition) is 2. The first-order valence-corrected chi connectivity index (χ1v) is 13.1. The van der Waals surface area contributed by atoms with Gasteiger partial charge in [0, 0.05) is 24.1 Å². The van der Waals surface area contributed by atoms with Crippen LogP contribution in [-0.2, 0) is 31.9 Å². The van der Waals surface area contributed by atoms with Gasteiger partial charge >= 0.3 is 11.9 Å². The number of hydrogen-bond acceptors (Lipinski definition) is 9. The van der Waals surface area contributed by atoms with Gasteiger partial charge in [-0.1, -0.05) is 6.07 Å². The molecule has 210 valence electrons. The second-order valence-corrected chi connectivity index (χ2v) is 10.7. The lowest BCUT2D eigenvalue weighted by molar-refractivity contribution is -0.154. The number of ether oxygens (including phenoxy) is 3. The molecule has 0 fully saturated rings. The molecule has 39 heavy (non-hydrogen) atoms. The summed E-state index contributed by atoms with van der Waals surface area (Å²) in [6.07, 6.45) is 0.718. The fourth-order valence-corrected chi connectivity index (χ4v) is 3.92. The third-order valence-electron chi connectivity index (χ3n) is 5.73. The van der Waals surface area contributed by atoms with E-state index >= 15 is 0 Å². The molecule has 3 rings (SSSR count). The molecular weight excluding hydrogens is 498 g/mol. The number of nitrogen functional groups attached to an aromatic ring is 1. The summed E-state index contributed by atoms with van der Waals surface area (Å²) >= 11 is 0. The van der Waals surface area contributed by atoms with Crippen molar-refractivity contribution in [2.45, 2.75) is 78.6 Å². The third-order valence-corrected chi connectivity index (χ3v) is 5.73. The van der Waals surface area contributed by atoms with E-state index in [4.69, 9.17) is 30.1 Å². The minimum absolute atomic E-state index is 0.151. The predicted octanol–water partition coefficient (Wildman–Crippen LogP) is 5.08. The summed E-state index contributed by atoms with van der Waals surface area (Å²) in [4.78, 5) is 29.5. The Bertz CT molecular complexity index is 1270. The number of aryl methyl sites for hydroxylation is 2. The number of anilines is 1. The molecule has 9 nitrogen and oxygen atoms in total. The standard InChI is InChI=1S/C30H39N3O6/c1-18(2)37-29(35)27(32)24-17-23(13-9-20(24)10-14-26(34)39-30(4,5)6)36-16-15-25-19(3)38-28(33-25)21-7-11-22(31)12-8-21/h7-9,11-13,17-18,27H,10,14-16,31-32H2,1-6H3. The number of aromatic nitrogens is 1. The highest BCUT2D eigenvalue weighted by atomic mass is 16.6. The van der Waals surface area contributed by atoms with Crippen LogP contribution in [0.4, 0.5) is 5.69 Å². The van der Waals surface area contributed by atoms with Crippen molar-refractivity contribution >= 4 is 17.6 Å². The average molecular weight is 538 g/mol. The third kappa shape index (κ3) is 8.85. The van der Waals surface area contributed by atoms with Crippen LogP contribution in [0.15, 0.2) is 46.9 Å². The first kappa shape index (κ1) is 29.7. The lowest BCUT2D eigenvalue weighted by Crippen LogP contribution is -2.27. The Balaban J connectivity index is 1.72. The zero-order chi connectivity index (χ0) is 28.7. The average Bonchev–Trinajstić information content (AvgIpc) is 3.21. The van der Waals surface area contributed by atoms with E-state index in [0.717, 1.165) is 16.8 Å². The van der Waals surface area contributed by atoms with Gasteiger partial charge in [-0.15, -0.1) is 0 Å². The minimum atomic E-state index is -1.02. The van der Waals surface area contributed by atoms with Crippen molar-refractivity contribution in [3.63, 3.8) is 0 Å². The van der Waals surface area contributed by atoms with E-state index in [1.165, 1.54) is 0 Å². The maximum absolute atomic E-state index is 12.6. The summed E-state index contributed by atoms with van der Waals surface area (Å²) in [5, 5.41) is 0. The lowest BCUT2D eigenvalue weighted by Gasteiger charge is -2.21. The molecule has 0 saturated carbocycles. The maximum Gasteiger partial charge on any atom is 0.327 e. The molecule has 4 N–H and O–H groups in total. The van der Waals surface area contributed by atoms with Gasteiger partial charge < -0.3 is 30.1 Å². The number of nitrogens with two attached hydrogens (primary N) is 2. The Labute approximate surface area is 229 Å². The van der Waals surface area contributed by atoms with Crippen molar-refractivity contribution in [3.05, 3.63) is 65.0 Å². The molecule has 1 atom stereocenters. The summed E-state index contributed by atoms with van der Waals surface area (Å²) in [7, 11) is 0. The zero-order valence-electron chi connectivity index (χ0n) is 23.6. The van der Waals surface area contributed by atoms with Gasteiger partial charge in [0.2, 0.25) is 5.89 Å². The highest BCUT2D eigenvalue weighted by Gasteiger charge is 2.24. The largest absolute Gasteiger partial charge is 0.493 e. The van der Waals surface area contributed by atoms with E-state index in [1.807, 2.05) is 45.9 Å². The Morgan fingerprint density at radius 1 is 1.05 bits per heavy atom. The van der Waals surface area contributed by atoms with Crippen molar-refractivity contribution in [2.24, 2.45) is 5.73 Å². The number of rotatable bonds is 11. The van der Waals surface area contributed by atoms with Gasteiger partial charge in [-0.05, 0) is 95.5 Å². The Hall–Kier alpha value is -3.85. The molecular formula is C30H39N3O6. The van der Waals surface area contributed by atoms with E-state index < -0.39 is 17.6 Å². The summed E-state index contributed by atoms with van der Waals surface area (Å²) < 4.78 is 22.6. The predicted molar refractivity (Wildman–Crippen MR) is 149 cm³/mol. The first-order chi connectivity index (χ1) is 18.3. The molecule has 0 radical (unpaired) electrons. The molecule has 0 spiro atoms. The van der Waals surface area contributed by atoms with Crippen LogP contribution in [0, 0.1) is 6.92 Å². The number of benzene rings is 2. The fourth-order valence-electron chi connectivity index (χ4n) is 3.92. The quantitative estimate of drug-likeness (QED) is 0.253. The van der Waals surface area contributed by atoms with Crippen LogP contribution in [0.5, 0.6) is 5.75 Å². The van der Waals surface area contributed by atoms with Gasteiger partial charge in [0.15, 0.2) is 0 Å². The van der Waals surface area contributed by atoms with Crippen LogP contribution in [0.2, 0.25) is 0 Å². The molecule has 2 aromatic carbocycles. The number of esters is 2. The van der Waals surface area contributed by atoms with Crippen molar-refractivity contribution in [2.75, 3.05) is 12.3 Å². The van der Waals surface area contributed by atoms with Crippen molar-refractivity contribution in [1.82, 2.24) is 4.98 Å². The van der Waals surface area contributed by atoms with Gasteiger partial charge in [-0.25, -0.2) is 9.78 Å². The second-order valence-electron chi connectivity index (χ2n) is 10.7. The number of oxazole rings is 1. The smallest absolute Gasteiger partial charge is 0.327 e. The van der Waals surface area contributed by atoms with Crippen LogP contribution in [0.1, 0.15) is 69.7 Å². The van der Waals surface area contributed by atoms with Crippen molar-refractivity contribution in [1.29, 1.82) is 0 Å². The highest BCUT2D eigenvalue weighted by Crippen LogP contribution is 2.27. The van der Waals surface area contributed by atoms with E-state index in [2.05, 4.69) is 4.98 Å². The van der Waals surface area contributed by atoms with E-state index in [0.29, 0.717) is 48.1 Å². The van der Waals surface area contributed by atoms with E-state index in [-0.39, 0.29) is 18.5 Å². The van der Waals surface area contributed by atoms with Gasteiger partial charge in [-0.2, -0.15) is 0 Å². The Morgan fingerprint density at radius 3 is 2.38 bits per heavy atom. The maximum atomic E-state index is 12.6. The van der Waals surface area contributed by atoms with Crippen LogP contribution >= 0.6 is 0 Å². The molecule has 0 bridgehead atoms. The normalized spacial score (nSPS) is 12.3. The summed E-state index contributed by atoms with van der Waals surface area (Å²) in [5.41, 5.74) is 15.1. The van der Waals surface area contributed by atoms with Crippen molar-refractivity contribution < 1.29 is 28.2 Å². The molecule has 0 aliphatic rings. The van der Waals surface area contributed by atoms with Gasteiger partial charge in [0.1, 0.15) is 23.2 Å². The number of carbonyl (C=O) groups excluding carboxylic acids is 2. The SMILES string of the molecule is Cc1oc(-c2ccc(N)cc2)nc1CCOc1ccc(CCC(=O)OC(C)(C)C)c(C(N)C(=O)OC(C)C)c1. The molecule has 0 aliphatic carbocycles. The highest BCUT2D eigenvalue weighted by molar-refractivity contribution is 5.78. The lowest BCUT2D eigenvalue weighted by atomic mass is 9.97. The number of nitrogens with zero attached hydrogens (tertiary/aromatic N) is 1. The zero-order valence-corrected chi connectivity index (χ0v) is 23.6. The fraction of sp³-hybridized carbons (Fsp3) is 0.433. The topological polar surface area (TPSA) is 140 Å². The Kier molecular flexibility index (Phi) is 9.75. The Morgan fingerprint density at radius 2 is 1.74 bits per heavy atom.